The molecular weight excluding hydrogens is 230 g/mol. The lowest BCUT2D eigenvalue weighted by Crippen LogP contribution is -2.46. The van der Waals surface area contributed by atoms with Gasteiger partial charge in [-0.05, 0) is 18.6 Å². The van der Waals surface area contributed by atoms with E-state index in [4.69, 9.17) is 0 Å². The Balaban J connectivity index is 2.44. The molecule has 1 aliphatic rings. The first-order valence-electron chi connectivity index (χ1n) is 5.91. The molecule has 18 heavy (non-hydrogen) atoms. The highest BCUT2D eigenvalue weighted by atomic mass is 16.3. The molecule has 4 heteroatoms. The van der Waals surface area contributed by atoms with Crippen molar-refractivity contribution in [1.82, 2.24) is 4.90 Å². The van der Waals surface area contributed by atoms with Gasteiger partial charge in [-0.3, -0.25) is 9.59 Å². The molecule has 2 rings (SSSR count). The highest BCUT2D eigenvalue weighted by Crippen LogP contribution is 2.37. The summed E-state index contributed by atoms with van der Waals surface area (Å²) in [6, 6.07) is 9.73. The van der Waals surface area contributed by atoms with Crippen LogP contribution < -0.4 is 0 Å². The number of nitrogens with zero attached hydrogens (tertiary/aromatic N) is 1. The number of likely N-dealkylation sites (N-methyl/N-ethyl adjacent to an activating group) is 1. The van der Waals surface area contributed by atoms with Crippen molar-refractivity contribution >= 4 is 11.7 Å². The minimum atomic E-state index is -1.62. The third kappa shape index (κ3) is 1.93. The SMILES string of the molecule is CC(=O)C(c1c[c]ccc1)C1(O)CCN(C)C1=O. The van der Waals surface area contributed by atoms with E-state index < -0.39 is 11.5 Å². The van der Waals surface area contributed by atoms with Gasteiger partial charge in [0.2, 0.25) is 0 Å². The van der Waals surface area contributed by atoms with Crippen LogP contribution in [0.1, 0.15) is 24.8 Å². The van der Waals surface area contributed by atoms with E-state index in [1.807, 2.05) is 0 Å². The van der Waals surface area contributed by atoms with Gasteiger partial charge in [-0.25, -0.2) is 0 Å². The Labute approximate surface area is 106 Å². The van der Waals surface area contributed by atoms with Crippen LogP contribution >= 0.6 is 0 Å². The van der Waals surface area contributed by atoms with Crippen molar-refractivity contribution in [3.05, 3.63) is 35.9 Å². The van der Waals surface area contributed by atoms with Gasteiger partial charge >= 0.3 is 0 Å². The molecule has 1 amide bonds. The molecule has 2 atom stereocenters. The number of aliphatic hydroxyl groups is 1. The third-order valence-electron chi connectivity index (χ3n) is 3.49. The summed E-state index contributed by atoms with van der Waals surface area (Å²) in [5, 5.41) is 10.6. The fraction of sp³-hybridized carbons (Fsp3) is 0.429. The standard InChI is InChI=1S/C14H16NO3/c1-10(16)12(11-6-4-3-5-7-11)14(18)8-9-15(2)13(14)17/h3-4,6-7,12,18H,8-9H2,1-2H3. The number of hydrogen-bond acceptors (Lipinski definition) is 3. The zero-order chi connectivity index (χ0) is 13.3. The molecule has 2 unspecified atom stereocenters. The summed E-state index contributed by atoms with van der Waals surface area (Å²) in [5.74, 6) is -1.40. The number of likely N-dealkylation sites (tertiary alicyclic amines) is 1. The smallest absolute Gasteiger partial charge is 0.255 e. The van der Waals surface area contributed by atoms with Crippen molar-refractivity contribution in [1.29, 1.82) is 0 Å². The van der Waals surface area contributed by atoms with E-state index in [-0.39, 0.29) is 18.1 Å². The number of carbonyl (C=O) groups excluding carboxylic acids is 2. The number of benzene rings is 1. The van der Waals surface area contributed by atoms with Crippen LogP contribution in [0, 0.1) is 6.07 Å². The Kier molecular flexibility index (Phi) is 3.22. The highest BCUT2D eigenvalue weighted by molar-refractivity contribution is 5.97. The van der Waals surface area contributed by atoms with Crippen LogP contribution in [0.4, 0.5) is 0 Å². The summed E-state index contributed by atoms with van der Waals surface area (Å²) < 4.78 is 0. The van der Waals surface area contributed by atoms with Crippen molar-refractivity contribution in [2.45, 2.75) is 24.9 Å². The Hall–Kier alpha value is -1.68. The monoisotopic (exact) mass is 246 g/mol. The van der Waals surface area contributed by atoms with E-state index in [0.29, 0.717) is 12.1 Å². The average molecular weight is 246 g/mol. The average Bonchev–Trinajstić information content (AvgIpc) is 2.59. The molecule has 0 aromatic heterocycles. The van der Waals surface area contributed by atoms with Gasteiger partial charge in [-0.2, -0.15) is 0 Å². The number of hydrogen-bond donors (Lipinski definition) is 1. The van der Waals surface area contributed by atoms with Gasteiger partial charge in [0.05, 0.1) is 5.92 Å². The summed E-state index contributed by atoms with van der Waals surface area (Å²) in [6.45, 7) is 1.87. The first-order valence-corrected chi connectivity index (χ1v) is 5.91. The maximum Gasteiger partial charge on any atom is 0.255 e. The predicted molar refractivity (Wildman–Crippen MR) is 65.9 cm³/mol. The van der Waals surface area contributed by atoms with Crippen molar-refractivity contribution in [3.63, 3.8) is 0 Å². The second kappa shape index (κ2) is 4.53. The molecule has 1 aliphatic heterocycles. The van der Waals surface area contributed by atoms with Gasteiger partial charge in [-0.15, -0.1) is 0 Å². The summed E-state index contributed by atoms with van der Waals surface area (Å²) in [4.78, 5) is 25.4. The van der Waals surface area contributed by atoms with Crippen molar-refractivity contribution in [2.24, 2.45) is 0 Å². The maximum absolute atomic E-state index is 12.1. The zero-order valence-electron chi connectivity index (χ0n) is 10.5. The first-order chi connectivity index (χ1) is 8.47. The number of amides is 1. The van der Waals surface area contributed by atoms with E-state index in [1.165, 1.54) is 11.8 Å². The normalized spacial score (nSPS) is 25.3. The molecule has 1 fully saturated rings. The first kappa shape index (κ1) is 12.8. The lowest BCUT2D eigenvalue weighted by Gasteiger charge is -2.29. The Morgan fingerprint density at radius 3 is 2.78 bits per heavy atom. The van der Waals surface area contributed by atoms with Gasteiger partial charge < -0.3 is 10.0 Å². The predicted octanol–water partition coefficient (Wildman–Crippen LogP) is 0.753. The second-order valence-electron chi connectivity index (χ2n) is 4.78. The van der Waals surface area contributed by atoms with E-state index in [9.17, 15) is 14.7 Å². The summed E-state index contributed by atoms with van der Waals surface area (Å²) in [5.41, 5.74) is -0.980. The number of carbonyl (C=O) groups is 2. The molecule has 0 bridgehead atoms. The molecule has 1 heterocycles. The number of ketones is 1. The molecule has 0 aliphatic carbocycles. The molecule has 1 saturated heterocycles. The minimum Gasteiger partial charge on any atom is -0.379 e. The fourth-order valence-corrected chi connectivity index (χ4v) is 2.58. The summed E-state index contributed by atoms with van der Waals surface area (Å²) >= 11 is 0. The van der Waals surface area contributed by atoms with Crippen LogP contribution in [0.2, 0.25) is 0 Å². The van der Waals surface area contributed by atoms with Crippen LogP contribution in [0.15, 0.2) is 24.3 Å². The van der Waals surface area contributed by atoms with E-state index in [1.54, 1.807) is 31.3 Å². The molecule has 1 aromatic carbocycles. The van der Waals surface area contributed by atoms with Crippen molar-refractivity contribution < 1.29 is 14.7 Å². The lowest BCUT2D eigenvalue weighted by atomic mass is 9.78. The van der Waals surface area contributed by atoms with Crippen LogP contribution in [-0.2, 0) is 9.59 Å². The molecular formula is C14H16NO3. The largest absolute Gasteiger partial charge is 0.379 e. The minimum absolute atomic E-state index is 0.208. The van der Waals surface area contributed by atoms with Crippen LogP contribution in [0.25, 0.3) is 0 Å². The van der Waals surface area contributed by atoms with Crippen molar-refractivity contribution in [2.75, 3.05) is 13.6 Å². The number of Topliss-reactive ketones (excluding diaryl/α,β-unsaturated/α-hetero) is 1. The quantitative estimate of drug-likeness (QED) is 0.856. The van der Waals surface area contributed by atoms with E-state index in [2.05, 4.69) is 6.07 Å². The van der Waals surface area contributed by atoms with Gasteiger partial charge in [0.25, 0.3) is 5.91 Å². The molecule has 1 N–H and O–H groups in total. The van der Waals surface area contributed by atoms with Crippen LogP contribution in [-0.4, -0.2) is 40.9 Å². The molecule has 1 radical (unpaired) electrons. The summed E-state index contributed by atoms with van der Waals surface area (Å²) in [6.07, 6.45) is 0.279. The Morgan fingerprint density at radius 1 is 1.61 bits per heavy atom. The van der Waals surface area contributed by atoms with Crippen LogP contribution in [0.3, 0.4) is 0 Å². The fourth-order valence-electron chi connectivity index (χ4n) is 2.58. The van der Waals surface area contributed by atoms with Gasteiger partial charge in [-0.1, -0.05) is 24.3 Å². The van der Waals surface area contributed by atoms with Gasteiger partial charge in [0.1, 0.15) is 5.78 Å². The maximum atomic E-state index is 12.1. The summed E-state index contributed by atoms with van der Waals surface area (Å²) in [7, 11) is 1.63. The highest BCUT2D eigenvalue weighted by Gasteiger charge is 2.51. The molecule has 0 saturated carbocycles. The lowest BCUT2D eigenvalue weighted by molar-refractivity contribution is -0.148. The topological polar surface area (TPSA) is 57.6 Å². The molecule has 4 nitrogen and oxygen atoms in total. The van der Waals surface area contributed by atoms with Gasteiger partial charge in [0, 0.05) is 20.0 Å². The molecule has 1 aromatic rings. The third-order valence-corrected chi connectivity index (χ3v) is 3.49. The van der Waals surface area contributed by atoms with E-state index in [0.717, 1.165) is 0 Å². The zero-order valence-corrected chi connectivity index (χ0v) is 10.5. The Bertz CT molecular complexity index is 471. The molecule has 0 spiro atoms. The Morgan fingerprint density at radius 2 is 2.33 bits per heavy atom. The number of rotatable bonds is 3. The van der Waals surface area contributed by atoms with Crippen LogP contribution in [0.5, 0.6) is 0 Å². The second-order valence-corrected chi connectivity index (χ2v) is 4.78. The van der Waals surface area contributed by atoms with E-state index >= 15 is 0 Å². The van der Waals surface area contributed by atoms with Crippen molar-refractivity contribution in [3.8, 4) is 0 Å². The molecule has 95 valence electrons. The van der Waals surface area contributed by atoms with Gasteiger partial charge in [0.15, 0.2) is 5.60 Å².